The number of guanidine groups is 1. The topological polar surface area (TPSA) is 58.3 Å². The zero-order valence-corrected chi connectivity index (χ0v) is 16.6. The molecule has 0 radical (unpaired) electrons. The van der Waals surface area contributed by atoms with Gasteiger partial charge in [0.15, 0.2) is 11.8 Å². The maximum absolute atomic E-state index is 4.80. The van der Waals surface area contributed by atoms with Crippen molar-refractivity contribution in [3.63, 3.8) is 0 Å². The first-order valence-electron chi connectivity index (χ1n) is 8.16. The second-order valence-electron chi connectivity index (χ2n) is 5.90. The van der Waals surface area contributed by atoms with Gasteiger partial charge in [-0.2, -0.15) is 0 Å². The molecule has 0 bridgehead atoms. The summed E-state index contributed by atoms with van der Waals surface area (Å²) in [5.74, 6) is 2.81. The summed E-state index contributed by atoms with van der Waals surface area (Å²) in [6, 6.07) is 10.4. The number of likely N-dealkylation sites (tertiary alicyclic amines) is 1. The van der Waals surface area contributed by atoms with E-state index in [4.69, 9.17) is 4.99 Å². The van der Waals surface area contributed by atoms with Gasteiger partial charge >= 0.3 is 0 Å². The van der Waals surface area contributed by atoms with Crippen LogP contribution in [-0.4, -0.2) is 38.7 Å². The van der Waals surface area contributed by atoms with Crippen LogP contribution < -0.4 is 5.32 Å². The van der Waals surface area contributed by atoms with E-state index in [1.807, 2.05) is 24.6 Å². The van der Waals surface area contributed by atoms with E-state index in [-0.39, 0.29) is 24.0 Å². The molecule has 24 heavy (non-hydrogen) atoms. The zero-order valence-electron chi connectivity index (χ0n) is 14.3. The summed E-state index contributed by atoms with van der Waals surface area (Å²) in [7, 11) is 1.99. The van der Waals surface area contributed by atoms with Crippen molar-refractivity contribution in [3.05, 3.63) is 47.5 Å². The molecule has 0 amide bonds. The monoisotopic (exact) mass is 440 g/mol. The molecule has 0 unspecified atom stereocenters. The van der Waals surface area contributed by atoms with Crippen molar-refractivity contribution in [2.75, 3.05) is 13.1 Å². The third-order valence-corrected chi connectivity index (χ3v) is 4.25. The van der Waals surface area contributed by atoms with Crippen molar-refractivity contribution in [2.45, 2.75) is 32.9 Å². The van der Waals surface area contributed by atoms with Gasteiger partial charge in [0.2, 0.25) is 0 Å². The number of halogens is 1. The van der Waals surface area contributed by atoms with Crippen LogP contribution in [0, 0.1) is 6.92 Å². The summed E-state index contributed by atoms with van der Waals surface area (Å²) in [5, 5.41) is 11.8. The average Bonchev–Trinajstić information content (AvgIpc) is 3.21. The summed E-state index contributed by atoms with van der Waals surface area (Å²) in [5.41, 5.74) is 1.22. The number of hydrogen-bond acceptors (Lipinski definition) is 3. The van der Waals surface area contributed by atoms with Gasteiger partial charge < -0.3 is 14.8 Å². The Bertz CT molecular complexity index is 661. The highest BCUT2D eigenvalue weighted by atomic mass is 127. The highest BCUT2D eigenvalue weighted by molar-refractivity contribution is 14.0. The van der Waals surface area contributed by atoms with Gasteiger partial charge in [0, 0.05) is 20.1 Å². The summed E-state index contributed by atoms with van der Waals surface area (Å²) in [6.07, 6.45) is 2.46. The van der Waals surface area contributed by atoms with Gasteiger partial charge in [-0.15, -0.1) is 34.2 Å². The van der Waals surface area contributed by atoms with Crippen LogP contribution in [0.3, 0.4) is 0 Å². The molecule has 1 aromatic heterocycles. The molecule has 1 fully saturated rings. The Labute approximate surface area is 160 Å². The van der Waals surface area contributed by atoms with Gasteiger partial charge in [0.05, 0.1) is 13.1 Å². The zero-order chi connectivity index (χ0) is 16.1. The SMILES string of the molecule is Cc1nnc(CNC(=NCc2ccccc2)N2CCCC2)n1C.I. The number of hydrogen-bond donors (Lipinski definition) is 1. The van der Waals surface area contributed by atoms with E-state index in [2.05, 4.69) is 44.7 Å². The first-order valence-corrected chi connectivity index (χ1v) is 8.16. The van der Waals surface area contributed by atoms with E-state index in [1.165, 1.54) is 18.4 Å². The molecule has 2 aromatic rings. The molecule has 1 saturated heterocycles. The van der Waals surface area contributed by atoms with E-state index in [1.54, 1.807) is 0 Å². The molecule has 1 aromatic carbocycles. The van der Waals surface area contributed by atoms with Gasteiger partial charge in [0.25, 0.3) is 0 Å². The van der Waals surface area contributed by atoms with Crippen LogP contribution in [-0.2, 0) is 20.1 Å². The fourth-order valence-corrected chi connectivity index (χ4v) is 2.71. The molecule has 130 valence electrons. The second-order valence-corrected chi connectivity index (χ2v) is 5.90. The molecular formula is C17H25IN6. The van der Waals surface area contributed by atoms with Crippen molar-refractivity contribution in [1.82, 2.24) is 25.0 Å². The highest BCUT2D eigenvalue weighted by Crippen LogP contribution is 2.09. The molecule has 1 N–H and O–H groups in total. The third-order valence-electron chi connectivity index (χ3n) is 4.25. The van der Waals surface area contributed by atoms with Crippen LogP contribution in [0.5, 0.6) is 0 Å². The van der Waals surface area contributed by atoms with Crippen LogP contribution in [0.1, 0.15) is 30.1 Å². The highest BCUT2D eigenvalue weighted by Gasteiger charge is 2.16. The Kier molecular flexibility index (Phi) is 7.01. The Morgan fingerprint density at radius 3 is 2.50 bits per heavy atom. The quantitative estimate of drug-likeness (QED) is 0.451. The minimum Gasteiger partial charge on any atom is -0.349 e. The number of aryl methyl sites for hydroxylation is 1. The van der Waals surface area contributed by atoms with Gasteiger partial charge in [-0.05, 0) is 25.3 Å². The standard InChI is InChI=1S/C17H24N6.HI/c1-14-20-21-16(22(14)2)13-19-17(23-10-6-7-11-23)18-12-15-8-4-3-5-9-15;/h3-5,8-9H,6-7,10-13H2,1-2H3,(H,18,19);1H. The number of aromatic nitrogens is 3. The van der Waals surface area contributed by atoms with E-state index >= 15 is 0 Å². The summed E-state index contributed by atoms with van der Waals surface area (Å²) < 4.78 is 2.01. The lowest BCUT2D eigenvalue weighted by atomic mass is 10.2. The largest absolute Gasteiger partial charge is 0.349 e. The molecule has 0 saturated carbocycles. The molecule has 1 aliphatic heterocycles. The Hall–Kier alpha value is -1.64. The summed E-state index contributed by atoms with van der Waals surface area (Å²) in [4.78, 5) is 7.13. The number of rotatable bonds is 4. The van der Waals surface area contributed by atoms with Crippen LogP contribution in [0.15, 0.2) is 35.3 Å². The first-order chi connectivity index (χ1) is 11.2. The Balaban J connectivity index is 0.00000208. The summed E-state index contributed by atoms with van der Waals surface area (Å²) in [6.45, 7) is 5.43. The van der Waals surface area contributed by atoms with Crippen molar-refractivity contribution < 1.29 is 0 Å². The van der Waals surface area contributed by atoms with Gasteiger partial charge in [-0.1, -0.05) is 30.3 Å². The van der Waals surface area contributed by atoms with Crippen LogP contribution in [0.25, 0.3) is 0 Å². The molecule has 7 heteroatoms. The smallest absolute Gasteiger partial charge is 0.194 e. The number of nitrogens with zero attached hydrogens (tertiary/aromatic N) is 5. The number of nitrogens with one attached hydrogen (secondary N) is 1. The lowest BCUT2D eigenvalue weighted by molar-refractivity contribution is 0.488. The number of benzene rings is 1. The van der Waals surface area contributed by atoms with Gasteiger partial charge in [-0.25, -0.2) is 4.99 Å². The van der Waals surface area contributed by atoms with Crippen LogP contribution in [0.4, 0.5) is 0 Å². The first kappa shape index (κ1) is 18.7. The third kappa shape index (κ3) is 4.68. The molecule has 0 spiro atoms. The maximum atomic E-state index is 4.80. The van der Waals surface area contributed by atoms with E-state index < -0.39 is 0 Å². The predicted molar refractivity (Wildman–Crippen MR) is 106 cm³/mol. The van der Waals surface area contributed by atoms with Crippen LogP contribution in [0.2, 0.25) is 0 Å². The molecule has 1 aliphatic rings. The van der Waals surface area contributed by atoms with Gasteiger partial charge in [-0.3, -0.25) is 0 Å². The lowest BCUT2D eigenvalue weighted by Gasteiger charge is -2.21. The van der Waals surface area contributed by atoms with Crippen molar-refractivity contribution in [3.8, 4) is 0 Å². The average molecular weight is 440 g/mol. The number of aliphatic imine (C=N–C) groups is 1. The minimum atomic E-state index is 0. The fourth-order valence-electron chi connectivity index (χ4n) is 2.71. The van der Waals surface area contributed by atoms with Gasteiger partial charge in [0.1, 0.15) is 5.82 Å². The normalized spacial score (nSPS) is 14.6. The maximum Gasteiger partial charge on any atom is 0.194 e. The van der Waals surface area contributed by atoms with Crippen molar-refractivity contribution in [1.29, 1.82) is 0 Å². The van der Waals surface area contributed by atoms with E-state index in [0.717, 1.165) is 30.7 Å². The molecule has 2 heterocycles. The molecule has 0 aliphatic carbocycles. The van der Waals surface area contributed by atoms with E-state index in [9.17, 15) is 0 Å². The fraction of sp³-hybridized carbons (Fsp3) is 0.471. The molecule has 3 rings (SSSR count). The van der Waals surface area contributed by atoms with Crippen LogP contribution >= 0.6 is 24.0 Å². The van der Waals surface area contributed by atoms with Crippen molar-refractivity contribution >= 4 is 29.9 Å². The summed E-state index contributed by atoms with van der Waals surface area (Å²) >= 11 is 0. The minimum absolute atomic E-state index is 0. The second kappa shape index (κ2) is 9.00. The Morgan fingerprint density at radius 2 is 1.88 bits per heavy atom. The van der Waals surface area contributed by atoms with E-state index in [0.29, 0.717) is 13.1 Å². The molecule has 6 nitrogen and oxygen atoms in total. The van der Waals surface area contributed by atoms with Crippen molar-refractivity contribution in [2.24, 2.45) is 12.0 Å². The Morgan fingerprint density at radius 1 is 1.17 bits per heavy atom. The molecular weight excluding hydrogens is 415 g/mol. The molecule has 0 atom stereocenters. The lowest BCUT2D eigenvalue weighted by Crippen LogP contribution is -2.39. The predicted octanol–water partition coefficient (Wildman–Crippen LogP) is 2.48.